The highest BCUT2D eigenvalue weighted by Gasteiger charge is 2.27. The molecule has 2 N–H and O–H groups in total. The molecular weight excluding hydrogens is 324 g/mol. The molecule has 0 aromatic heterocycles. The third-order valence-corrected chi connectivity index (χ3v) is 3.17. The average molecular weight is 350 g/mol. The number of carbonyl (C=O) groups is 3. The Hall–Kier alpha value is -2.57. The van der Waals surface area contributed by atoms with Gasteiger partial charge in [-0.15, -0.1) is 0 Å². The predicted octanol–water partition coefficient (Wildman–Crippen LogP) is 2.96. The molecule has 25 heavy (non-hydrogen) atoms. The second-order valence-corrected chi connectivity index (χ2v) is 6.93. The number of hydrogen-bond acceptors (Lipinski definition) is 5. The summed E-state index contributed by atoms with van der Waals surface area (Å²) in [6.07, 6.45) is -0.662. The van der Waals surface area contributed by atoms with Gasteiger partial charge in [-0.05, 0) is 44.9 Å². The Morgan fingerprint density at radius 1 is 1.12 bits per heavy atom. The standard InChI is InChI=1S/C18H26N2O5/c1-11(2)14(20-17(23)25-18(3,4)5)15(21)19-13-9-7-8-12(10-13)16(22)24-6/h7-11,14H,1-6H3,(H,19,21)(H,20,23). The van der Waals surface area contributed by atoms with Crippen LogP contribution < -0.4 is 10.6 Å². The fourth-order valence-corrected chi connectivity index (χ4v) is 2.03. The van der Waals surface area contributed by atoms with Crippen molar-refractivity contribution >= 4 is 23.7 Å². The number of hydrogen-bond donors (Lipinski definition) is 2. The maximum Gasteiger partial charge on any atom is 0.408 e. The van der Waals surface area contributed by atoms with E-state index in [0.29, 0.717) is 11.3 Å². The first-order valence-corrected chi connectivity index (χ1v) is 8.02. The van der Waals surface area contributed by atoms with Gasteiger partial charge in [-0.25, -0.2) is 9.59 Å². The summed E-state index contributed by atoms with van der Waals surface area (Å²) in [6.45, 7) is 8.86. The first-order valence-electron chi connectivity index (χ1n) is 8.02. The smallest absolute Gasteiger partial charge is 0.408 e. The number of anilines is 1. The van der Waals surface area contributed by atoms with E-state index in [4.69, 9.17) is 4.74 Å². The molecule has 1 atom stereocenters. The molecule has 138 valence electrons. The normalized spacial score (nSPS) is 12.3. The maximum absolute atomic E-state index is 12.5. The van der Waals surface area contributed by atoms with Gasteiger partial charge in [-0.3, -0.25) is 4.79 Å². The quantitative estimate of drug-likeness (QED) is 0.796. The van der Waals surface area contributed by atoms with Gasteiger partial charge in [0.15, 0.2) is 0 Å². The predicted molar refractivity (Wildman–Crippen MR) is 94.4 cm³/mol. The van der Waals surface area contributed by atoms with Crippen molar-refractivity contribution in [2.75, 3.05) is 12.4 Å². The summed E-state index contributed by atoms with van der Waals surface area (Å²) in [6, 6.07) is 5.59. The van der Waals surface area contributed by atoms with E-state index in [1.54, 1.807) is 39.0 Å². The van der Waals surface area contributed by atoms with Crippen molar-refractivity contribution in [1.82, 2.24) is 5.32 Å². The molecule has 0 aliphatic heterocycles. The highest BCUT2D eigenvalue weighted by Crippen LogP contribution is 2.14. The monoisotopic (exact) mass is 350 g/mol. The molecule has 1 rings (SSSR count). The molecule has 7 nitrogen and oxygen atoms in total. The molecule has 1 aromatic rings. The molecule has 0 saturated carbocycles. The Labute approximate surface area is 148 Å². The Morgan fingerprint density at radius 2 is 1.76 bits per heavy atom. The van der Waals surface area contributed by atoms with E-state index in [1.165, 1.54) is 13.2 Å². The molecule has 0 aliphatic rings. The second kappa shape index (κ2) is 8.50. The average Bonchev–Trinajstić information content (AvgIpc) is 2.50. The summed E-state index contributed by atoms with van der Waals surface area (Å²) in [5.41, 5.74) is 0.0998. The van der Waals surface area contributed by atoms with Crippen LogP contribution in [0.2, 0.25) is 0 Å². The van der Waals surface area contributed by atoms with E-state index in [0.717, 1.165) is 0 Å². The molecule has 0 heterocycles. The number of esters is 1. The molecule has 0 fully saturated rings. The van der Waals surface area contributed by atoms with E-state index in [9.17, 15) is 14.4 Å². The zero-order chi connectivity index (χ0) is 19.2. The SMILES string of the molecule is COC(=O)c1cccc(NC(=O)C(NC(=O)OC(C)(C)C)C(C)C)c1. The van der Waals surface area contributed by atoms with E-state index >= 15 is 0 Å². The molecule has 7 heteroatoms. The Bertz CT molecular complexity index is 635. The summed E-state index contributed by atoms with van der Waals surface area (Å²) in [7, 11) is 1.28. The van der Waals surface area contributed by atoms with Crippen LogP contribution in [0.1, 0.15) is 45.0 Å². The number of methoxy groups -OCH3 is 1. The largest absolute Gasteiger partial charge is 0.465 e. The first kappa shape index (κ1) is 20.5. The lowest BCUT2D eigenvalue weighted by Crippen LogP contribution is -2.48. The Kier molecular flexibility index (Phi) is 6.97. The molecule has 0 bridgehead atoms. The van der Waals surface area contributed by atoms with Gasteiger partial charge < -0.3 is 20.1 Å². The third-order valence-electron chi connectivity index (χ3n) is 3.17. The van der Waals surface area contributed by atoms with Gasteiger partial charge >= 0.3 is 12.1 Å². The van der Waals surface area contributed by atoms with Crippen molar-refractivity contribution in [1.29, 1.82) is 0 Å². The van der Waals surface area contributed by atoms with Crippen LogP contribution in [0, 0.1) is 5.92 Å². The van der Waals surface area contributed by atoms with Crippen molar-refractivity contribution in [3.63, 3.8) is 0 Å². The van der Waals surface area contributed by atoms with Crippen LogP contribution in [0.15, 0.2) is 24.3 Å². The summed E-state index contributed by atoms with van der Waals surface area (Å²) in [5, 5.41) is 5.27. The van der Waals surface area contributed by atoms with E-state index in [1.807, 2.05) is 13.8 Å². The topological polar surface area (TPSA) is 93.7 Å². The van der Waals surface area contributed by atoms with E-state index in [2.05, 4.69) is 15.4 Å². The molecule has 1 aromatic carbocycles. The molecule has 0 aliphatic carbocycles. The highest BCUT2D eigenvalue weighted by atomic mass is 16.6. The van der Waals surface area contributed by atoms with Crippen molar-refractivity contribution in [2.24, 2.45) is 5.92 Å². The first-order chi connectivity index (χ1) is 11.5. The minimum absolute atomic E-state index is 0.156. The molecule has 0 spiro atoms. The molecular formula is C18H26N2O5. The Balaban J connectivity index is 2.84. The minimum Gasteiger partial charge on any atom is -0.465 e. The lowest BCUT2D eigenvalue weighted by molar-refractivity contribution is -0.119. The van der Waals surface area contributed by atoms with Crippen molar-refractivity contribution in [2.45, 2.75) is 46.3 Å². The number of rotatable bonds is 5. The molecule has 0 saturated heterocycles. The van der Waals surface area contributed by atoms with Crippen LogP contribution in [0.3, 0.4) is 0 Å². The molecule has 0 radical (unpaired) electrons. The molecule has 2 amide bonds. The zero-order valence-corrected chi connectivity index (χ0v) is 15.5. The van der Waals surface area contributed by atoms with Crippen molar-refractivity contribution in [3.8, 4) is 0 Å². The van der Waals surface area contributed by atoms with Gasteiger partial charge in [0.2, 0.25) is 5.91 Å². The maximum atomic E-state index is 12.5. The van der Waals surface area contributed by atoms with Gasteiger partial charge in [-0.2, -0.15) is 0 Å². The minimum atomic E-state index is -0.781. The van der Waals surface area contributed by atoms with Gasteiger partial charge in [0.25, 0.3) is 0 Å². The second-order valence-electron chi connectivity index (χ2n) is 6.93. The van der Waals surface area contributed by atoms with Crippen LogP contribution in [-0.4, -0.2) is 36.7 Å². The van der Waals surface area contributed by atoms with E-state index in [-0.39, 0.29) is 5.92 Å². The van der Waals surface area contributed by atoms with E-state index < -0.39 is 29.6 Å². The lowest BCUT2D eigenvalue weighted by atomic mass is 10.0. The lowest BCUT2D eigenvalue weighted by Gasteiger charge is -2.25. The number of alkyl carbamates (subject to hydrolysis) is 1. The van der Waals surface area contributed by atoms with Crippen LogP contribution >= 0.6 is 0 Å². The van der Waals surface area contributed by atoms with Crippen LogP contribution in [0.25, 0.3) is 0 Å². The number of amides is 2. The zero-order valence-electron chi connectivity index (χ0n) is 15.5. The van der Waals surface area contributed by atoms with Crippen LogP contribution in [0.4, 0.5) is 10.5 Å². The highest BCUT2D eigenvalue weighted by molar-refractivity contribution is 5.98. The molecule has 1 unspecified atom stereocenters. The number of ether oxygens (including phenoxy) is 2. The summed E-state index contributed by atoms with van der Waals surface area (Å²) in [4.78, 5) is 36.0. The summed E-state index contributed by atoms with van der Waals surface area (Å²) >= 11 is 0. The van der Waals surface area contributed by atoms with Crippen molar-refractivity contribution in [3.05, 3.63) is 29.8 Å². The fraction of sp³-hybridized carbons (Fsp3) is 0.500. The summed E-state index contributed by atoms with van der Waals surface area (Å²) in [5.74, 6) is -1.05. The van der Waals surface area contributed by atoms with Crippen LogP contribution in [0.5, 0.6) is 0 Å². The third kappa shape index (κ3) is 6.82. The number of carbonyl (C=O) groups excluding carboxylic acids is 3. The van der Waals surface area contributed by atoms with Crippen molar-refractivity contribution < 1.29 is 23.9 Å². The number of benzene rings is 1. The van der Waals surface area contributed by atoms with Gasteiger partial charge in [0.1, 0.15) is 11.6 Å². The van der Waals surface area contributed by atoms with Gasteiger partial charge in [0, 0.05) is 5.69 Å². The van der Waals surface area contributed by atoms with Crippen LogP contribution in [-0.2, 0) is 14.3 Å². The summed E-state index contributed by atoms with van der Waals surface area (Å²) < 4.78 is 9.85. The van der Waals surface area contributed by atoms with Gasteiger partial charge in [-0.1, -0.05) is 19.9 Å². The number of nitrogens with one attached hydrogen (secondary N) is 2. The van der Waals surface area contributed by atoms with Gasteiger partial charge in [0.05, 0.1) is 12.7 Å². The Morgan fingerprint density at radius 3 is 2.28 bits per heavy atom. The fourth-order valence-electron chi connectivity index (χ4n) is 2.03.